The number of rotatable bonds is 5. The normalized spacial score (nSPS) is 19.1. The predicted octanol–water partition coefficient (Wildman–Crippen LogP) is 0.285. The molecular weight excluding hydrogens is 182 g/mol. The number of hydrogen-bond donors (Lipinski definition) is 3. The summed E-state index contributed by atoms with van der Waals surface area (Å²) in [6.45, 7) is 2.38. The molecule has 0 aliphatic heterocycles. The van der Waals surface area contributed by atoms with Crippen molar-refractivity contribution in [3.8, 4) is 0 Å². The Morgan fingerprint density at radius 2 is 2.36 bits per heavy atom. The number of nitrogens with one attached hydrogen (secondary N) is 1. The highest BCUT2D eigenvalue weighted by atomic mass is 16.4. The van der Waals surface area contributed by atoms with E-state index in [0.717, 1.165) is 12.8 Å². The molecule has 0 aromatic rings. The number of oxime groups is 1. The maximum absolute atomic E-state index is 11.4. The van der Waals surface area contributed by atoms with E-state index in [0.29, 0.717) is 18.9 Å². The van der Waals surface area contributed by atoms with Gasteiger partial charge >= 0.3 is 0 Å². The summed E-state index contributed by atoms with van der Waals surface area (Å²) in [7, 11) is 0. The van der Waals surface area contributed by atoms with Gasteiger partial charge in [-0.2, -0.15) is 0 Å². The topological polar surface area (TPSA) is 87.7 Å². The number of hydrogen-bond acceptors (Lipinski definition) is 3. The van der Waals surface area contributed by atoms with Crippen molar-refractivity contribution >= 4 is 11.7 Å². The lowest BCUT2D eigenvalue weighted by molar-refractivity contribution is -0.125. The predicted molar refractivity (Wildman–Crippen MR) is 52.9 cm³/mol. The van der Waals surface area contributed by atoms with E-state index in [2.05, 4.69) is 10.5 Å². The van der Waals surface area contributed by atoms with E-state index in [1.54, 1.807) is 0 Å². The Hall–Kier alpha value is -1.26. The molecule has 5 nitrogen and oxygen atoms in total. The molecule has 0 aromatic carbocycles. The van der Waals surface area contributed by atoms with Crippen LogP contribution in [0.4, 0.5) is 0 Å². The molecule has 0 spiro atoms. The van der Waals surface area contributed by atoms with Crippen molar-refractivity contribution in [1.82, 2.24) is 5.32 Å². The van der Waals surface area contributed by atoms with Gasteiger partial charge in [0.15, 0.2) is 0 Å². The molecule has 0 radical (unpaired) electrons. The lowest BCUT2D eigenvalue weighted by atomic mass is 10.1. The van der Waals surface area contributed by atoms with Crippen LogP contribution in [0.2, 0.25) is 0 Å². The van der Waals surface area contributed by atoms with Gasteiger partial charge < -0.3 is 16.3 Å². The Bertz CT molecular complexity index is 236. The van der Waals surface area contributed by atoms with E-state index in [-0.39, 0.29) is 17.7 Å². The van der Waals surface area contributed by atoms with E-state index in [4.69, 9.17) is 10.9 Å². The number of amides is 1. The summed E-state index contributed by atoms with van der Waals surface area (Å²) in [5.41, 5.74) is 5.26. The van der Waals surface area contributed by atoms with Crippen LogP contribution in [0.15, 0.2) is 5.16 Å². The molecule has 0 bridgehead atoms. The summed E-state index contributed by atoms with van der Waals surface area (Å²) in [4.78, 5) is 11.4. The van der Waals surface area contributed by atoms with Crippen molar-refractivity contribution in [2.24, 2.45) is 22.7 Å². The van der Waals surface area contributed by atoms with Crippen molar-refractivity contribution < 1.29 is 10.0 Å². The number of amidine groups is 1. The van der Waals surface area contributed by atoms with Crippen LogP contribution in [0, 0.1) is 11.8 Å². The van der Waals surface area contributed by atoms with Gasteiger partial charge in [0, 0.05) is 18.9 Å². The minimum atomic E-state index is 0.0678. The van der Waals surface area contributed by atoms with Gasteiger partial charge in [0.2, 0.25) is 5.91 Å². The first kappa shape index (κ1) is 10.8. The number of carbonyl (C=O) groups excluding carboxylic acids is 1. The fraction of sp³-hybridized carbons (Fsp3) is 0.778. The van der Waals surface area contributed by atoms with Crippen LogP contribution in [0.1, 0.15) is 26.2 Å². The largest absolute Gasteiger partial charge is 0.409 e. The summed E-state index contributed by atoms with van der Waals surface area (Å²) >= 11 is 0. The van der Waals surface area contributed by atoms with Crippen molar-refractivity contribution in [1.29, 1.82) is 0 Å². The van der Waals surface area contributed by atoms with Crippen molar-refractivity contribution in [2.45, 2.75) is 26.2 Å². The first-order valence-electron chi connectivity index (χ1n) is 4.89. The SMILES string of the molecule is CC(C(=O)NCCC(N)=NO)C1CC1. The Morgan fingerprint density at radius 3 is 2.86 bits per heavy atom. The molecule has 1 saturated carbocycles. The number of carbonyl (C=O) groups is 1. The number of nitrogens with two attached hydrogens (primary N) is 1. The van der Waals surface area contributed by atoms with Gasteiger partial charge in [0.1, 0.15) is 5.84 Å². The molecule has 1 amide bonds. The van der Waals surface area contributed by atoms with Gasteiger partial charge in [-0.15, -0.1) is 0 Å². The molecule has 14 heavy (non-hydrogen) atoms. The van der Waals surface area contributed by atoms with E-state index in [1.165, 1.54) is 0 Å². The van der Waals surface area contributed by atoms with E-state index in [9.17, 15) is 4.79 Å². The van der Waals surface area contributed by atoms with Crippen LogP contribution in [0.5, 0.6) is 0 Å². The Labute approximate surface area is 83.3 Å². The molecule has 1 rings (SSSR count). The second-order valence-corrected chi connectivity index (χ2v) is 3.76. The molecule has 1 atom stereocenters. The fourth-order valence-electron chi connectivity index (χ4n) is 1.34. The van der Waals surface area contributed by atoms with Gasteiger partial charge in [-0.3, -0.25) is 4.79 Å². The van der Waals surface area contributed by atoms with E-state index in [1.807, 2.05) is 6.92 Å². The summed E-state index contributed by atoms with van der Waals surface area (Å²) in [6, 6.07) is 0. The maximum Gasteiger partial charge on any atom is 0.223 e. The fourth-order valence-corrected chi connectivity index (χ4v) is 1.34. The molecular formula is C9H17N3O2. The van der Waals surface area contributed by atoms with Crippen LogP contribution in [-0.4, -0.2) is 23.5 Å². The molecule has 0 heterocycles. The van der Waals surface area contributed by atoms with Crippen LogP contribution < -0.4 is 11.1 Å². The average Bonchev–Trinajstić information content (AvgIpc) is 2.99. The highest BCUT2D eigenvalue weighted by Gasteiger charge is 2.32. The summed E-state index contributed by atoms with van der Waals surface area (Å²) in [5, 5.41) is 13.8. The lowest BCUT2D eigenvalue weighted by Gasteiger charge is -2.10. The zero-order chi connectivity index (χ0) is 10.6. The third-order valence-electron chi connectivity index (χ3n) is 2.55. The Kier molecular flexibility index (Phi) is 3.73. The van der Waals surface area contributed by atoms with Crippen LogP contribution in [0.25, 0.3) is 0 Å². The molecule has 1 aliphatic rings. The van der Waals surface area contributed by atoms with E-state index < -0.39 is 0 Å². The zero-order valence-corrected chi connectivity index (χ0v) is 8.36. The van der Waals surface area contributed by atoms with Crippen LogP contribution in [0.3, 0.4) is 0 Å². The molecule has 4 N–H and O–H groups in total. The second kappa shape index (κ2) is 4.83. The minimum absolute atomic E-state index is 0.0678. The monoisotopic (exact) mass is 199 g/mol. The van der Waals surface area contributed by atoms with Gasteiger partial charge in [-0.1, -0.05) is 12.1 Å². The highest BCUT2D eigenvalue weighted by Crippen LogP contribution is 2.36. The van der Waals surface area contributed by atoms with Gasteiger partial charge in [-0.25, -0.2) is 0 Å². The minimum Gasteiger partial charge on any atom is -0.409 e. The highest BCUT2D eigenvalue weighted by molar-refractivity contribution is 5.82. The molecule has 0 saturated heterocycles. The standard InChI is InChI=1S/C9H17N3O2/c1-6(7-2-3-7)9(13)11-5-4-8(10)12-14/h6-7,14H,2-5H2,1H3,(H2,10,12)(H,11,13). The van der Waals surface area contributed by atoms with E-state index >= 15 is 0 Å². The quantitative estimate of drug-likeness (QED) is 0.257. The average molecular weight is 199 g/mol. The maximum atomic E-state index is 11.4. The molecule has 0 aromatic heterocycles. The molecule has 5 heteroatoms. The third-order valence-corrected chi connectivity index (χ3v) is 2.55. The first-order chi connectivity index (χ1) is 6.65. The second-order valence-electron chi connectivity index (χ2n) is 3.76. The van der Waals surface area contributed by atoms with Gasteiger partial charge in [-0.05, 0) is 18.8 Å². The van der Waals surface area contributed by atoms with Gasteiger partial charge in [0.25, 0.3) is 0 Å². The smallest absolute Gasteiger partial charge is 0.223 e. The lowest BCUT2D eigenvalue weighted by Crippen LogP contribution is -2.32. The van der Waals surface area contributed by atoms with Crippen molar-refractivity contribution in [3.05, 3.63) is 0 Å². The van der Waals surface area contributed by atoms with Gasteiger partial charge in [0.05, 0.1) is 0 Å². The molecule has 1 fully saturated rings. The molecule has 80 valence electrons. The Morgan fingerprint density at radius 1 is 1.71 bits per heavy atom. The molecule has 1 aliphatic carbocycles. The van der Waals surface area contributed by atoms with Crippen molar-refractivity contribution in [2.75, 3.05) is 6.54 Å². The van der Waals surface area contributed by atoms with Crippen molar-refractivity contribution in [3.63, 3.8) is 0 Å². The first-order valence-corrected chi connectivity index (χ1v) is 4.89. The number of nitrogens with zero attached hydrogens (tertiary/aromatic N) is 1. The summed E-state index contributed by atoms with van der Waals surface area (Å²) in [5.74, 6) is 0.878. The van der Waals surface area contributed by atoms with Crippen LogP contribution >= 0.6 is 0 Å². The Balaban J connectivity index is 2.14. The van der Waals surface area contributed by atoms with Crippen LogP contribution in [-0.2, 0) is 4.79 Å². The zero-order valence-electron chi connectivity index (χ0n) is 8.36. The summed E-state index contributed by atoms with van der Waals surface area (Å²) in [6.07, 6.45) is 2.71. The third kappa shape index (κ3) is 3.24. The molecule has 1 unspecified atom stereocenters. The summed E-state index contributed by atoms with van der Waals surface area (Å²) < 4.78 is 0.